The van der Waals surface area contributed by atoms with Crippen LogP contribution >= 0.6 is 11.8 Å². The van der Waals surface area contributed by atoms with Gasteiger partial charge < -0.3 is 14.5 Å². The summed E-state index contributed by atoms with van der Waals surface area (Å²) in [5.41, 5.74) is 0.747. The monoisotopic (exact) mass is 502 g/mol. The van der Waals surface area contributed by atoms with Crippen LogP contribution in [0.3, 0.4) is 0 Å². The number of nitrogens with zero attached hydrogens (tertiary/aromatic N) is 1. The Kier molecular flexibility index (Phi) is 7.30. The molecule has 0 radical (unpaired) electrons. The maximum atomic E-state index is 13.2. The zero-order valence-electron chi connectivity index (χ0n) is 18.9. The minimum absolute atomic E-state index is 0.0508. The molecule has 0 saturated carbocycles. The number of nitrogens with one attached hydrogen (secondary N) is 1. The Hall–Kier alpha value is -2.82. The van der Waals surface area contributed by atoms with E-state index < -0.39 is 21.9 Å². The molecular weight excluding hydrogens is 476 g/mol. The molecule has 10 heteroatoms. The normalized spacial score (nSPS) is 15.4. The van der Waals surface area contributed by atoms with E-state index in [9.17, 15) is 18.0 Å². The molecule has 0 unspecified atom stereocenters. The number of carbonyl (C=O) groups is 2. The Morgan fingerprint density at radius 1 is 1.12 bits per heavy atom. The molecular formula is C24H26N2O6S2. The molecule has 2 heterocycles. The highest BCUT2D eigenvalue weighted by molar-refractivity contribution is 7.99. The van der Waals surface area contributed by atoms with Crippen LogP contribution in [0.25, 0.3) is 11.0 Å². The number of hydrogen-bond donors (Lipinski definition) is 1. The molecule has 4 rings (SSSR count). The summed E-state index contributed by atoms with van der Waals surface area (Å²) >= 11 is 1.39. The fraction of sp³-hybridized carbons (Fsp3) is 0.333. The molecule has 0 bridgehead atoms. The number of hydrogen-bond acceptors (Lipinski definition) is 7. The van der Waals surface area contributed by atoms with E-state index in [4.69, 9.17) is 9.15 Å². The highest BCUT2D eigenvalue weighted by Gasteiger charge is 2.34. The van der Waals surface area contributed by atoms with Crippen LogP contribution in [-0.4, -0.2) is 50.6 Å². The topological polar surface area (TPSA) is 106 Å². The first-order chi connectivity index (χ1) is 16.4. The summed E-state index contributed by atoms with van der Waals surface area (Å²) in [6, 6.07) is 14.0. The molecule has 1 amide bonds. The number of para-hydroxylation sites is 1. The third-order valence-electron chi connectivity index (χ3n) is 5.82. The molecule has 1 fully saturated rings. The molecule has 3 aromatic rings. The maximum absolute atomic E-state index is 13.2. The van der Waals surface area contributed by atoms with Crippen molar-refractivity contribution in [2.75, 3.05) is 31.3 Å². The Morgan fingerprint density at radius 2 is 1.79 bits per heavy atom. The van der Waals surface area contributed by atoms with E-state index in [0.717, 1.165) is 0 Å². The van der Waals surface area contributed by atoms with Gasteiger partial charge in [0.25, 0.3) is 0 Å². The van der Waals surface area contributed by atoms with E-state index in [2.05, 4.69) is 5.32 Å². The average molecular weight is 503 g/mol. The van der Waals surface area contributed by atoms with Crippen molar-refractivity contribution >= 4 is 50.3 Å². The van der Waals surface area contributed by atoms with Crippen LogP contribution in [0.5, 0.6) is 0 Å². The number of thioether (sulfide) groups is 1. The number of piperidine rings is 1. The van der Waals surface area contributed by atoms with Gasteiger partial charge >= 0.3 is 5.97 Å². The molecule has 1 aliphatic rings. The van der Waals surface area contributed by atoms with Gasteiger partial charge in [0.2, 0.25) is 21.7 Å². The van der Waals surface area contributed by atoms with E-state index >= 15 is 0 Å². The summed E-state index contributed by atoms with van der Waals surface area (Å²) in [4.78, 5) is 26.5. The van der Waals surface area contributed by atoms with Gasteiger partial charge in [-0.05, 0) is 50.3 Å². The number of fused-ring (bicyclic) bond motifs is 1. The molecule has 1 saturated heterocycles. The lowest BCUT2D eigenvalue weighted by atomic mass is 9.97. The molecule has 180 valence electrons. The van der Waals surface area contributed by atoms with Crippen LogP contribution in [0.4, 0.5) is 5.69 Å². The van der Waals surface area contributed by atoms with Crippen molar-refractivity contribution in [1.82, 2.24) is 4.31 Å². The first-order valence-electron chi connectivity index (χ1n) is 11.0. The van der Waals surface area contributed by atoms with Crippen LogP contribution in [-0.2, 0) is 19.6 Å². The molecule has 34 heavy (non-hydrogen) atoms. The molecule has 0 atom stereocenters. The second-order valence-corrected chi connectivity index (χ2v) is 10.6. The molecule has 0 aliphatic carbocycles. The van der Waals surface area contributed by atoms with Gasteiger partial charge in [0.1, 0.15) is 11.3 Å². The number of benzene rings is 2. The van der Waals surface area contributed by atoms with Gasteiger partial charge in [0.15, 0.2) is 0 Å². The van der Waals surface area contributed by atoms with E-state index in [0.29, 0.717) is 28.7 Å². The van der Waals surface area contributed by atoms with Gasteiger partial charge in [-0.3, -0.25) is 4.79 Å². The number of carbonyl (C=O) groups excluding carboxylic acids is 2. The van der Waals surface area contributed by atoms with Crippen LogP contribution in [0.2, 0.25) is 0 Å². The van der Waals surface area contributed by atoms with Crippen molar-refractivity contribution in [1.29, 1.82) is 0 Å². The lowest BCUT2D eigenvalue weighted by molar-refractivity contribution is -0.120. The van der Waals surface area contributed by atoms with E-state index in [1.165, 1.54) is 16.1 Å². The number of anilines is 1. The summed E-state index contributed by atoms with van der Waals surface area (Å²) in [5, 5.41) is 3.45. The lowest BCUT2D eigenvalue weighted by Gasteiger charge is -2.31. The van der Waals surface area contributed by atoms with Gasteiger partial charge in [0.05, 0.1) is 11.5 Å². The Bertz CT molecular complexity index is 1310. The lowest BCUT2D eigenvalue weighted by Crippen LogP contribution is -2.41. The highest BCUT2D eigenvalue weighted by atomic mass is 32.2. The zero-order chi connectivity index (χ0) is 24.3. The quantitative estimate of drug-likeness (QED) is 0.378. The van der Waals surface area contributed by atoms with Gasteiger partial charge in [-0.1, -0.05) is 24.3 Å². The Balaban J connectivity index is 1.49. The third kappa shape index (κ3) is 4.70. The fourth-order valence-corrected chi connectivity index (χ4v) is 6.66. The van der Waals surface area contributed by atoms with Crippen molar-refractivity contribution in [3.63, 3.8) is 0 Å². The van der Waals surface area contributed by atoms with E-state index in [1.807, 2.05) is 12.3 Å². The van der Waals surface area contributed by atoms with Crippen molar-refractivity contribution in [3.05, 3.63) is 54.3 Å². The first kappa shape index (κ1) is 24.3. The maximum Gasteiger partial charge on any atom is 0.376 e. The van der Waals surface area contributed by atoms with Crippen LogP contribution < -0.4 is 5.32 Å². The number of esters is 1. The molecule has 1 aliphatic heterocycles. The van der Waals surface area contributed by atoms with Crippen LogP contribution in [0, 0.1) is 5.92 Å². The van der Waals surface area contributed by atoms with E-state index in [-0.39, 0.29) is 41.9 Å². The number of furan rings is 1. The highest BCUT2D eigenvalue weighted by Crippen LogP contribution is 2.34. The standard InChI is InChI=1S/C24H26N2O6S2/c1-3-31-24(28)22-21(17-8-4-5-9-18(17)32-22)25-23(27)16-12-14-26(15-13-16)34(29,30)20-11-7-6-10-19(20)33-2/h4-11,16H,3,12-15H2,1-2H3,(H,25,27). The predicted octanol–water partition coefficient (Wildman–Crippen LogP) is 4.37. The summed E-state index contributed by atoms with van der Waals surface area (Å²) in [7, 11) is -3.65. The molecule has 8 nitrogen and oxygen atoms in total. The van der Waals surface area contributed by atoms with Crippen LogP contribution in [0.15, 0.2) is 62.7 Å². The third-order valence-corrected chi connectivity index (χ3v) is 8.70. The second-order valence-electron chi connectivity index (χ2n) is 7.84. The van der Waals surface area contributed by atoms with Gasteiger partial charge in [0, 0.05) is 29.3 Å². The minimum Gasteiger partial charge on any atom is -0.460 e. The summed E-state index contributed by atoms with van der Waals surface area (Å²) < 4.78 is 38.5. The minimum atomic E-state index is -3.65. The number of amides is 1. The van der Waals surface area contributed by atoms with Gasteiger partial charge in [-0.25, -0.2) is 13.2 Å². The molecule has 1 aromatic heterocycles. The Morgan fingerprint density at radius 3 is 2.50 bits per heavy atom. The fourth-order valence-electron chi connectivity index (χ4n) is 4.06. The number of rotatable bonds is 7. The number of ether oxygens (including phenoxy) is 1. The van der Waals surface area contributed by atoms with Crippen LogP contribution in [0.1, 0.15) is 30.3 Å². The largest absolute Gasteiger partial charge is 0.460 e. The predicted molar refractivity (Wildman–Crippen MR) is 131 cm³/mol. The zero-order valence-corrected chi connectivity index (χ0v) is 20.6. The van der Waals surface area contributed by atoms with E-state index in [1.54, 1.807) is 49.4 Å². The molecule has 0 spiro atoms. The summed E-state index contributed by atoms with van der Waals surface area (Å²) in [6.45, 7) is 2.34. The average Bonchev–Trinajstić information content (AvgIpc) is 3.22. The van der Waals surface area contributed by atoms with Gasteiger partial charge in [-0.15, -0.1) is 11.8 Å². The summed E-state index contributed by atoms with van der Waals surface area (Å²) in [5.74, 6) is -1.38. The molecule has 1 N–H and O–H groups in total. The molecule has 2 aromatic carbocycles. The first-order valence-corrected chi connectivity index (χ1v) is 13.7. The summed E-state index contributed by atoms with van der Waals surface area (Å²) in [6.07, 6.45) is 2.59. The van der Waals surface area contributed by atoms with Crippen molar-refractivity contribution < 1.29 is 27.2 Å². The second kappa shape index (κ2) is 10.2. The van der Waals surface area contributed by atoms with Crippen molar-refractivity contribution in [2.24, 2.45) is 5.92 Å². The Labute approximate surface area is 202 Å². The van der Waals surface area contributed by atoms with Crippen molar-refractivity contribution in [2.45, 2.75) is 29.6 Å². The van der Waals surface area contributed by atoms with Gasteiger partial charge in [-0.2, -0.15) is 4.31 Å². The smallest absolute Gasteiger partial charge is 0.376 e. The SMILES string of the molecule is CCOC(=O)c1oc2ccccc2c1NC(=O)C1CCN(S(=O)(=O)c2ccccc2SC)CC1. The number of sulfonamides is 1. The van der Waals surface area contributed by atoms with Crippen molar-refractivity contribution in [3.8, 4) is 0 Å².